The number of carbonyl (C=O) groups is 3. The van der Waals surface area contributed by atoms with Crippen LogP contribution in [0.15, 0.2) is 24.3 Å². The van der Waals surface area contributed by atoms with E-state index in [2.05, 4.69) is 12.2 Å². The lowest BCUT2D eigenvalue weighted by Crippen LogP contribution is -2.43. The van der Waals surface area contributed by atoms with Gasteiger partial charge in [0.25, 0.3) is 5.91 Å². The summed E-state index contributed by atoms with van der Waals surface area (Å²) in [6.07, 6.45) is 4.44. The first-order valence-corrected chi connectivity index (χ1v) is 9.89. The Bertz CT molecular complexity index is 735. The molecule has 3 atom stereocenters. The molecule has 0 spiro atoms. The van der Waals surface area contributed by atoms with Crippen LogP contribution >= 0.6 is 0 Å². The van der Waals surface area contributed by atoms with Gasteiger partial charge in [-0.2, -0.15) is 0 Å². The van der Waals surface area contributed by atoms with Crippen molar-refractivity contribution in [3.05, 3.63) is 24.3 Å². The number of rotatable bonds is 6. The van der Waals surface area contributed by atoms with Crippen LogP contribution in [0.3, 0.4) is 0 Å². The molecule has 0 bridgehead atoms. The molecule has 7 nitrogen and oxygen atoms in total. The number of nitrogens with zero attached hydrogens (tertiary/aromatic N) is 1. The summed E-state index contributed by atoms with van der Waals surface area (Å²) in [4.78, 5) is 38.4. The van der Waals surface area contributed by atoms with E-state index in [1.165, 1.54) is 18.4 Å². The van der Waals surface area contributed by atoms with E-state index < -0.39 is 11.9 Å². The van der Waals surface area contributed by atoms with E-state index >= 15 is 0 Å². The highest BCUT2D eigenvalue weighted by molar-refractivity contribution is 6.00. The largest absolute Gasteiger partial charge is 0.495 e. The molecule has 7 heteroatoms. The minimum absolute atomic E-state index is 0.0676. The maximum Gasteiger partial charge on any atom is 0.311 e. The predicted octanol–water partition coefficient (Wildman–Crippen LogP) is 2.29. The molecule has 1 aliphatic carbocycles. The predicted molar refractivity (Wildman–Crippen MR) is 104 cm³/mol. The lowest BCUT2D eigenvalue weighted by Gasteiger charge is -2.29. The maximum absolute atomic E-state index is 12.4. The quantitative estimate of drug-likeness (QED) is 0.756. The van der Waals surface area contributed by atoms with E-state index in [4.69, 9.17) is 9.47 Å². The molecule has 2 amide bonds. The third-order valence-electron chi connectivity index (χ3n) is 5.64. The van der Waals surface area contributed by atoms with Gasteiger partial charge < -0.3 is 19.7 Å². The van der Waals surface area contributed by atoms with Gasteiger partial charge in [-0.3, -0.25) is 14.4 Å². The Kier molecular flexibility index (Phi) is 6.54. The normalized spacial score (nSPS) is 24.7. The van der Waals surface area contributed by atoms with Crippen molar-refractivity contribution in [2.75, 3.05) is 25.2 Å². The molecule has 1 N–H and O–H groups in total. The smallest absolute Gasteiger partial charge is 0.311 e. The second-order valence-electron chi connectivity index (χ2n) is 7.62. The Morgan fingerprint density at radius 1 is 1.21 bits per heavy atom. The van der Waals surface area contributed by atoms with Crippen LogP contribution < -0.4 is 15.0 Å². The molecule has 1 aromatic rings. The molecule has 2 aliphatic rings. The van der Waals surface area contributed by atoms with Crippen LogP contribution in [-0.4, -0.2) is 44.1 Å². The summed E-state index contributed by atoms with van der Waals surface area (Å²) in [6.45, 7) is 2.05. The van der Waals surface area contributed by atoms with Gasteiger partial charge in [-0.25, -0.2) is 0 Å². The fraction of sp³-hybridized carbons (Fsp3) is 0.571. The van der Waals surface area contributed by atoms with Gasteiger partial charge in [-0.05, 0) is 30.9 Å². The van der Waals surface area contributed by atoms with Crippen LogP contribution in [0.1, 0.15) is 39.0 Å². The van der Waals surface area contributed by atoms with Gasteiger partial charge in [0.05, 0.1) is 18.7 Å². The molecule has 1 aromatic carbocycles. The van der Waals surface area contributed by atoms with E-state index in [1.807, 2.05) is 12.1 Å². The zero-order chi connectivity index (χ0) is 20.1. The van der Waals surface area contributed by atoms with Crippen molar-refractivity contribution in [3.63, 3.8) is 0 Å². The van der Waals surface area contributed by atoms with Crippen molar-refractivity contribution in [1.29, 1.82) is 0 Å². The van der Waals surface area contributed by atoms with Gasteiger partial charge in [-0.1, -0.05) is 31.9 Å². The number of amides is 2. The maximum atomic E-state index is 12.4. The number of carbonyl (C=O) groups excluding carboxylic acids is 3. The van der Waals surface area contributed by atoms with E-state index in [0.29, 0.717) is 17.4 Å². The van der Waals surface area contributed by atoms with Crippen LogP contribution in [0, 0.1) is 11.8 Å². The number of hydrogen-bond acceptors (Lipinski definition) is 5. The zero-order valence-electron chi connectivity index (χ0n) is 16.5. The number of esters is 1. The van der Waals surface area contributed by atoms with Crippen LogP contribution in [0.2, 0.25) is 0 Å². The highest BCUT2D eigenvalue weighted by atomic mass is 16.5. The number of benzene rings is 1. The molecule has 152 valence electrons. The first kappa shape index (κ1) is 20.2. The van der Waals surface area contributed by atoms with Crippen molar-refractivity contribution < 1.29 is 23.9 Å². The molecule has 1 saturated heterocycles. The second-order valence-corrected chi connectivity index (χ2v) is 7.62. The number of hydrogen-bond donors (Lipinski definition) is 1. The summed E-state index contributed by atoms with van der Waals surface area (Å²) in [7, 11) is 1.54. The van der Waals surface area contributed by atoms with Gasteiger partial charge in [0.2, 0.25) is 5.91 Å². The minimum Gasteiger partial charge on any atom is -0.495 e. The Hall–Kier alpha value is -2.57. The lowest BCUT2D eigenvalue weighted by molar-refractivity contribution is -0.152. The first-order chi connectivity index (χ1) is 13.5. The van der Waals surface area contributed by atoms with Crippen molar-refractivity contribution in [3.8, 4) is 5.75 Å². The zero-order valence-corrected chi connectivity index (χ0v) is 16.5. The third kappa shape index (κ3) is 4.64. The Balaban J connectivity index is 1.51. The van der Waals surface area contributed by atoms with E-state index in [1.54, 1.807) is 12.1 Å². The van der Waals surface area contributed by atoms with Crippen LogP contribution in [0.4, 0.5) is 5.69 Å². The molecule has 1 heterocycles. The van der Waals surface area contributed by atoms with E-state index in [9.17, 15) is 14.4 Å². The molecule has 1 aliphatic heterocycles. The van der Waals surface area contributed by atoms with Gasteiger partial charge in [0.15, 0.2) is 6.61 Å². The number of anilines is 1. The fourth-order valence-electron chi connectivity index (χ4n) is 3.98. The standard InChI is InChI=1S/C21H28N2O5/c1-14-7-3-4-8-16(14)22-19(24)13-28-21(26)15-11-20(25)23(12-15)17-9-5-6-10-18(17)27-2/h5-6,9-10,14-16H,3-4,7-8,11-13H2,1-2H3,(H,22,24)/t14-,15+,16+/m0/s1. The SMILES string of the molecule is COc1ccccc1N1C[C@H](C(=O)OCC(=O)N[C@@H]2CCCC[C@@H]2C)CC1=O. The summed E-state index contributed by atoms with van der Waals surface area (Å²) in [5.41, 5.74) is 0.634. The van der Waals surface area contributed by atoms with Crippen LogP contribution in [0.5, 0.6) is 5.75 Å². The van der Waals surface area contributed by atoms with Crippen LogP contribution in [0.25, 0.3) is 0 Å². The molecule has 1 saturated carbocycles. The first-order valence-electron chi connectivity index (χ1n) is 9.89. The lowest BCUT2D eigenvalue weighted by atomic mass is 9.86. The third-order valence-corrected chi connectivity index (χ3v) is 5.64. The molecule has 28 heavy (non-hydrogen) atoms. The summed E-state index contributed by atoms with van der Waals surface area (Å²) in [5, 5.41) is 2.96. The summed E-state index contributed by atoms with van der Waals surface area (Å²) >= 11 is 0. The fourth-order valence-corrected chi connectivity index (χ4v) is 3.98. The van der Waals surface area contributed by atoms with Crippen molar-refractivity contribution >= 4 is 23.5 Å². The van der Waals surface area contributed by atoms with Crippen molar-refractivity contribution in [2.24, 2.45) is 11.8 Å². The molecule has 0 unspecified atom stereocenters. The Morgan fingerprint density at radius 2 is 1.96 bits per heavy atom. The molecule has 0 radical (unpaired) electrons. The monoisotopic (exact) mass is 388 g/mol. The van der Waals surface area contributed by atoms with Gasteiger partial charge in [0, 0.05) is 19.0 Å². The highest BCUT2D eigenvalue weighted by Gasteiger charge is 2.37. The van der Waals surface area contributed by atoms with Crippen molar-refractivity contribution in [2.45, 2.75) is 45.1 Å². The van der Waals surface area contributed by atoms with Gasteiger partial charge >= 0.3 is 5.97 Å². The molecular formula is C21H28N2O5. The van der Waals surface area contributed by atoms with Gasteiger partial charge in [0.1, 0.15) is 5.75 Å². The van der Waals surface area contributed by atoms with E-state index in [-0.39, 0.29) is 37.4 Å². The highest BCUT2D eigenvalue weighted by Crippen LogP contribution is 2.33. The Morgan fingerprint density at radius 3 is 2.71 bits per heavy atom. The van der Waals surface area contributed by atoms with Gasteiger partial charge in [-0.15, -0.1) is 0 Å². The average Bonchev–Trinajstić information content (AvgIpc) is 3.09. The van der Waals surface area contributed by atoms with Crippen molar-refractivity contribution in [1.82, 2.24) is 5.32 Å². The molecular weight excluding hydrogens is 360 g/mol. The summed E-state index contributed by atoms with van der Waals surface area (Å²) in [6, 6.07) is 7.33. The summed E-state index contributed by atoms with van der Waals surface area (Å²) < 4.78 is 10.5. The Labute approximate surface area is 165 Å². The molecule has 2 fully saturated rings. The summed E-state index contributed by atoms with van der Waals surface area (Å²) in [5.74, 6) is -0.525. The number of methoxy groups -OCH3 is 1. The topological polar surface area (TPSA) is 84.9 Å². The number of nitrogens with one attached hydrogen (secondary N) is 1. The van der Waals surface area contributed by atoms with E-state index in [0.717, 1.165) is 19.3 Å². The number of para-hydroxylation sites is 2. The molecule has 0 aromatic heterocycles. The van der Waals surface area contributed by atoms with Crippen LogP contribution in [-0.2, 0) is 19.1 Å². The number of ether oxygens (including phenoxy) is 2. The second kappa shape index (κ2) is 9.08. The minimum atomic E-state index is -0.584. The average molecular weight is 388 g/mol. The molecule has 3 rings (SSSR count).